The molecule has 1 amide bonds. The van der Waals surface area contributed by atoms with E-state index in [1.807, 2.05) is 13.8 Å². The van der Waals surface area contributed by atoms with Crippen LogP contribution < -0.4 is 5.32 Å². The van der Waals surface area contributed by atoms with Crippen molar-refractivity contribution in [1.29, 1.82) is 0 Å². The molecule has 0 aliphatic heterocycles. The molecule has 0 saturated heterocycles. The quantitative estimate of drug-likeness (QED) is 0.898. The molecular weight excluding hydrogens is 230 g/mol. The van der Waals surface area contributed by atoms with Gasteiger partial charge in [-0.2, -0.15) is 0 Å². The van der Waals surface area contributed by atoms with Gasteiger partial charge in [0.1, 0.15) is 5.76 Å². The van der Waals surface area contributed by atoms with Crippen LogP contribution in [0.15, 0.2) is 29.1 Å². The second-order valence-electron chi connectivity index (χ2n) is 3.81. The maximum Gasteiger partial charge on any atom is 0.292 e. The van der Waals surface area contributed by atoms with Gasteiger partial charge in [0.05, 0.1) is 6.20 Å². The van der Waals surface area contributed by atoms with Gasteiger partial charge in [-0.3, -0.25) is 9.78 Å². The molecule has 1 N–H and O–H groups in total. The first-order valence-corrected chi connectivity index (χ1v) is 5.93. The van der Waals surface area contributed by atoms with Gasteiger partial charge in [0.2, 0.25) is 0 Å². The van der Waals surface area contributed by atoms with E-state index in [1.165, 1.54) is 12.4 Å². The molecule has 2 aromatic heterocycles. The van der Waals surface area contributed by atoms with Gasteiger partial charge in [-0.25, -0.2) is 4.98 Å². The molecule has 0 fully saturated rings. The Balaban J connectivity index is 2.16. The van der Waals surface area contributed by atoms with Crippen molar-refractivity contribution in [3.05, 3.63) is 41.7 Å². The van der Waals surface area contributed by atoms with Gasteiger partial charge in [-0.1, -0.05) is 13.8 Å². The summed E-state index contributed by atoms with van der Waals surface area (Å²) in [5, 5.41) is 2.64. The molecule has 18 heavy (non-hydrogen) atoms. The maximum atomic E-state index is 11.9. The predicted molar refractivity (Wildman–Crippen MR) is 67.4 cm³/mol. The van der Waals surface area contributed by atoms with E-state index < -0.39 is 0 Å². The van der Waals surface area contributed by atoms with Crippen molar-refractivity contribution in [3.63, 3.8) is 0 Å². The third kappa shape index (κ3) is 2.56. The summed E-state index contributed by atoms with van der Waals surface area (Å²) in [5.74, 6) is 1.29. The highest BCUT2D eigenvalue weighted by Crippen LogP contribution is 2.17. The van der Waals surface area contributed by atoms with Gasteiger partial charge >= 0.3 is 0 Å². The fourth-order valence-electron chi connectivity index (χ4n) is 1.72. The van der Waals surface area contributed by atoms with Crippen molar-refractivity contribution in [2.75, 3.05) is 5.32 Å². The Labute approximate surface area is 105 Å². The lowest BCUT2D eigenvalue weighted by Gasteiger charge is -2.00. The van der Waals surface area contributed by atoms with E-state index in [9.17, 15) is 4.79 Å². The van der Waals surface area contributed by atoms with Crippen molar-refractivity contribution < 1.29 is 9.21 Å². The number of furan rings is 1. The smallest absolute Gasteiger partial charge is 0.292 e. The number of nitrogens with one attached hydrogen (secondary N) is 1. The van der Waals surface area contributed by atoms with Gasteiger partial charge in [-0.05, 0) is 18.1 Å². The number of amides is 1. The van der Waals surface area contributed by atoms with Crippen LogP contribution in [-0.2, 0) is 12.8 Å². The first-order valence-electron chi connectivity index (χ1n) is 5.93. The van der Waals surface area contributed by atoms with Crippen LogP contribution in [0.3, 0.4) is 0 Å². The van der Waals surface area contributed by atoms with E-state index in [-0.39, 0.29) is 5.91 Å². The Morgan fingerprint density at radius 2 is 2.17 bits per heavy atom. The summed E-state index contributed by atoms with van der Waals surface area (Å²) >= 11 is 0. The Hall–Kier alpha value is -2.17. The van der Waals surface area contributed by atoms with Crippen LogP contribution in [0.2, 0.25) is 0 Å². The Bertz CT molecular complexity index is 513. The van der Waals surface area contributed by atoms with Crippen LogP contribution >= 0.6 is 0 Å². The molecule has 0 aliphatic carbocycles. The zero-order chi connectivity index (χ0) is 13.0. The second kappa shape index (κ2) is 5.44. The Kier molecular flexibility index (Phi) is 3.72. The van der Waals surface area contributed by atoms with Crippen LogP contribution in [0.1, 0.15) is 35.7 Å². The van der Waals surface area contributed by atoms with Crippen LogP contribution in [0.25, 0.3) is 0 Å². The highest BCUT2D eigenvalue weighted by molar-refractivity contribution is 6.01. The minimum atomic E-state index is -0.301. The number of nitrogens with zero attached hydrogens (tertiary/aromatic N) is 2. The molecule has 0 bridgehead atoms. The van der Waals surface area contributed by atoms with Crippen LogP contribution in [0.4, 0.5) is 5.82 Å². The lowest BCUT2D eigenvalue weighted by atomic mass is 10.1. The van der Waals surface area contributed by atoms with Crippen molar-refractivity contribution in [2.45, 2.75) is 26.7 Å². The molecular formula is C13H15N3O2. The minimum absolute atomic E-state index is 0.301. The fourth-order valence-corrected chi connectivity index (χ4v) is 1.72. The SMILES string of the molecule is CCc1cc(C(=O)Nc2cnccn2)oc1CC. The number of hydrogen-bond donors (Lipinski definition) is 1. The molecule has 2 heterocycles. The van der Waals surface area contributed by atoms with Crippen LogP contribution in [0.5, 0.6) is 0 Å². The number of carbonyl (C=O) groups excluding carboxylic acids is 1. The minimum Gasteiger partial charge on any atom is -0.456 e. The van der Waals surface area contributed by atoms with Crippen LogP contribution in [0, 0.1) is 0 Å². The second-order valence-corrected chi connectivity index (χ2v) is 3.81. The molecule has 94 valence electrons. The zero-order valence-corrected chi connectivity index (χ0v) is 10.4. The molecule has 5 nitrogen and oxygen atoms in total. The largest absolute Gasteiger partial charge is 0.456 e. The monoisotopic (exact) mass is 245 g/mol. The number of aryl methyl sites for hydroxylation is 2. The fraction of sp³-hybridized carbons (Fsp3) is 0.308. The molecule has 0 unspecified atom stereocenters. The van der Waals surface area contributed by atoms with Crippen molar-refractivity contribution >= 4 is 11.7 Å². The number of anilines is 1. The van der Waals surface area contributed by atoms with Gasteiger partial charge in [-0.15, -0.1) is 0 Å². The number of carbonyl (C=O) groups is 1. The summed E-state index contributed by atoms with van der Waals surface area (Å²) in [6.07, 6.45) is 6.19. The van der Waals surface area contributed by atoms with Crippen LogP contribution in [-0.4, -0.2) is 15.9 Å². The molecule has 0 saturated carbocycles. The highest BCUT2D eigenvalue weighted by atomic mass is 16.4. The summed E-state index contributed by atoms with van der Waals surface area (Å²) in [4.78, 5) is 19.8. The Morgan fingerprint density at radius 3 is 2.72 bits per heavy atom. The standard InChI is InChI=1S/C13H15N3O2/c1-3-9-7-11(18-10(9)4-2)13(17)16-12-8-14-5-6-15-12/h5-8H,3-4H2,1-2H3,(H,15,16,17). The first kappa shape index (κ1) is 12.3. The summed E-state index contributed by atoms with van der Waals surface area (Å²) < 4.78 is 5.53. The van der Waals surface area contributed by atoms with Gasteiger partial charge in [0, 0.05) is 18.8 Å². The third-order valence-electron chi connectivity index (χ3n) is 2.63. The number of rotatable bonds is 4. The molecule has 0 aliphatic rings. The molecule has 2 rings (SSSR count). The van der Waals surface area contributed by atoms with Gasteiger partial charge in [0.15, 0.2) is 11.6 Å². The van der Waals surface area contributed by atoms with E-state index in [4.69, 9.17) is 4.42 Å². The molecule has 0 aromatic carbocycles. The molecule has 0 spiro atoms. The highest BCUT2D eigenvalue weighted by Gasteiger charge is 2.15. The molecule has 0 atom stereocenters. The summed E-state index contributed by atoms with van der Waals surface area (Å²) in [5.41, 5.74) is 1.07. The van der Waals surface area contributed by atoms with E-state index in [0.717, 1.165) is 24.2 Å². The first-order chi connectivity index (χ1) is 8.74. The van der Waals surface area contributed by atoms with Gasteiger partial charge < -0.3 is 9.73 Å². The summed E-state index contributed by atoms with van der Waals surface area (Å²) in [7, 11) is 0. The third-order valence-corrected chi connectivity index (χ3v) is 2.63. The topological polar surface area (TPSA) is 68.0 Å². The van der Waals surface area contributed by atoms with Crippen molar-refractivity contribution in [3.8, 4) is 0 Å². The van der Waals surface area contributed by atoms with E-state index >= 15 is 0 Å². The average molecular weight is 245 g/mol. The normalized spacial score (nSPS) is 10.3. The van der Waals surface area contributed by atoms with Crippen molar-refractivity contribution in [1.82, 2.24) is 9.97 Å². The lowest BCUT2D eigenvalue weighted by Crippen LogP contribution is -2.12. The summed E-state index contributed by atoms with van der Waals surface area (Å²) in [6.45, 7) is 4.04. The van der Waals surface area contributed by atoms with E-state index in [0.29, 0.717) is 11.6 Å². The van der Waals surface area contributed by atoms with E-state index in [2.05, 4.69) is 15.3 Å². The maximum absolute atomic E-state index is 11.9. The van der Waals surface area contributed by atoms with Gasteiger partial charge in [0.25, 0.3) is 5.91 Å². The zero-order valence-electron chi connectivity index (χ0n) is 10.4. The van der Waals surface area contributed by atoms with E-state index in [1.54, 1.807) is 12.3 Å². The number of hydrogen-bond acceptors (Lipinski definition) is 4. The Morgan fingerprint density at radius 1 is 1.33 bits per heavy atom. The van der Waals surface area contributed by atoms with Crippen molar-refractivity contribution in [2.24, 2.45) is 0 Å². The number of aromatic nitrogens is 2. The average Bonchev–Trinajstić information content (AvgIpc) is 2.83. The molecule has 5 heteroatoms. The summed E-state index contributed by atoms with van der Waals surface area (Å²) in [6, 6.07) is 1.78. The molecule has 0 radical (unpaired) electrons. The molecule has 2 aromatic rings. The lowest BCUT2D eigenvalue weighted by molar-refractivity contribution is 0.0994. The predicted octanol–water partition coefficient (Wildman–Crippen LogP) is 2.45.